The first kappa shape index (κ1) is 13.6. The van der Waals surface area contributed by atoms with Crippen molar-refractivity contribution in [2.45, 2.75) is 13.5 Å². The summed E-state index contributed by atoms with van der Waals surface area (Å²) < 4.78 is 5.74. The molecule has 0 saturated carbocycles. The number of aryl methyl sites for hydroxylation is 1. The maximum Gasteiger partial charge on any atom is 0.204 e. The minimum absolute atomic E-state index is 0.474. The lowest BCUT2D eigenvalue weighted by Crippen LogP contribution is -1.96. The Morgan fingerprint density at radius 3 is 2.62 bits per heavy atom. The van der Waals surface area contributed by atoms with Crippen molar-refractivity contribution < 1.29 is 4.74 Å². The Morgan fingerprint density at radius 2 is 1.95 bits per heavy atom. The van der Waals surface area contributed by atoms with Gasteiger partial charge in [-0.3, -0.25) is 0 Å². The van der Waals surface area contributed by atoms with Crippen LogP contribution in [0.15, 0.2) is 42.5 Å². The molecule has 1 aromatic heterocycles. The number of halogens is 1. The van der Waals surface area contributed by atoms with Crippen molar-refractivity contribution in [1.82, 2.24) is 20.6 Å². The molecule has 106 valence electrons. The Labute approximate surface area is 126 Å². The van der Waals surface area contributed by atoms with Crippen molar-refractivity contribution in [1.29, 1.82) is 0 Å². The smallest absolute Gasteiger partial charge is 0.204 e. The van der Waals surface area contributed by atoms with E-state index in [1.54, 1.807) is 6.07 Å². The predicted octanol–water partition coefficient (Wildman–Crippen LogP) is 3.41. The molecule has 3 rings (SSSR count). The van der Waals surface area contributed by atoms with Gasteiger partial charge in [-0.05, 0) is 35.9 Å². The lowest BCUT2D eigenvalue weighted by molar-refractivity contribution is 0.306. The van der Waals surface area contributed by atoms with Gasteiger partial charge in [0.1, 0.15) is 12.4 Å². The summed E-state index contributed by atoms with van der Waals surface area (Å²) in [5.74, 6) is 1.13. The molecule has 0 bridgehead atoms. The van der Waals surface area contributed by atoms with Crippen LogP contribution in [0.25, 0.3) is 11.4 Å². The first-order valence-corrected chi connectivity index (χ1v) is 6.82. The second-order valence-electron chi connectivity index (χ2n) is 4.65. The standard InChI is InChI=1S/C15H13ClN4O/c1-10-2-4-11(5-3-10)9-21-14-7-6-12(8-13(14)16)15-17-19-20-18-15/h2-8H,9H2,1H3,(H,17,18,19,20). The van der Waals surface area contributed by atoms with Gasteiger partial charge in [0.05, 0.1) is 5.02 Å². The van der Waals surface area contributed by atoms with Crippen molar-refractivity contribution in [2.75, 3.05) is 0 Å². The summed E-state index contributed by atoms with van der Waals surface area (Å²) in [6.45, 7) is 2.53. The molecule has 0 radical (unpaired) electrons. The third kappa shape index (κ3) is 3.20. The van der Waals surface area contributed by atoms with Crippen molar-refractivity contribution >= 4 is 11.6 Å². The number of aromatic nitrogens is 4. The maximum atomic E-state index is 6.23. The lowest BCUT2D eigenvalue weighted by Gasteiger charge is -2.09. The van der Waals surface area contributed by atoms with Gasteiger partial charge in [-0.1, -0.05) is 41.4 Å². The zero-order chi connectivity index (χ0) is 14.7. The molecule has 0 aliphatic carbocycles. The van der Waals surface area contributed by atoms with Gasteiger partial charge in [-0.2, -0.15) is 5.21 Å². The van der Waals surface area contributed by atoms with Crippen molar-refractivity contribution in [2.24, 2.45) is 0 Å². The zero-order valence-electron chi connectivity index (χ0n) is 11.4. The Hall–Kier alpha value is -2.40. The van der Waals surface area contributed by atoms with Crippen LogP contribution in [0.2, 0.25) is 5.02 Å². The van der Waals surface area contributed by atoms with E-state index >= 15 is 0 Å². The molecule has 0 aliphatic rings. The van der Waals surface area contributed by atoms with Crippen LogP contribution in [0, 0.1) is 6.92 Å². The monoisotopic (exact) mass is 300 g/mol. The first-order valence-electron chi connectivity index (χ1n) is 6.44. The molecule has 1 N–H and O–H groups in total. The highest BCUT2D eigenvalue weighted by Crippen LogP contribution is 2.29. The van der Waals surface area contributed by atoms with E-state index in [-0.39, 0.29) is 0 Å². The fourth-order valence-electron chi connectivity index (χ4n) is 1.89. The van der Waals surface area contributed by atoms with E-state index in [1.807, 2.05) is 24.3 Å². The minimum Gasteiger partial charge on any atom is -0.487 e. The summed E-state index contributed by atoms with van der Waals surface area (Å²) >= 11 is 6.23. The van der Waals surface area contributed by atoms with Gasteiger partial charge in [-0.25, -0.2) is 0 Å². The highest BCUT2D eigenvalue weighted by atomic mass is 35.5. The predicted molar refractivity (Wildman–Crippen MR) is 80.1 cm³/mol. The van der Waals surface area contributed by atoms with E-state index < -0.39 is 0 Å². The number of nitrogens with zero attached hydrogens (tertiary/aromatic N) is 3. The number of tetrazole rings is 1. The van der Waals surface area contributed by atoms with Gasteiger partial charge in [0, 0.05) is 5.56 Å². The maximum absolute atomic E-state index is 6.23. The average molecular weight is 301 g/mol. The Kier molecular flexibility index (Phi) is 3.83. The Bertz CT molecular complexity index is 726. The van der Waals surface area contributed by atoms with Crippen LogP contribution in [0.5, 0.6) is 5.75 Å². The number of aromatic amines is 1. The number of rotatable bonds is 4. The second kappa shape index (κ2) is 5.93. The van der Waals surface area contributed by atoms with Gasteiger partial charge in [0.2, 0.25) is 5.82 Å². The van der Waals surface area contributed by atoms with Crippen molar-refractivity contribution in [3.05, 3.63) is 58.6 Å². The largest absolute Gasteiger partial charge is 0.487 e. The van der Waals surface area contributed by atoms with E-state index in [0.717, 1.165) is 11.1 Å². The fourth-order valence-corrected chi connectivity index (χ4v) is 2.12. The molecule has 0 unspecified atom stereocenters. The topological polar surface area (TPSA) is 63.7 Å². The highest BCUT2D eigenvalue weighted by molar-refractivity contribution is 6.32. The van der Waals surface area contributed by atoms with E-state index in [4.69, 9.17) is 16.3 Å². The number of benzene rings is 2. The quantitative estimate of drug-likeness (QED) is 0.802. The van der Waals surface area contributed by atoms with Crippen LogP contribution in [0.1, 0.15) is 11.1 Å². The van der Waals surface area contributed by atoms with E-state index in [1.165, 1.54) is 5.56 Å². The normalized spacial score (nSPS) is 10.6. The van der Waals surface area contributed by atoms with E-state index in [0.29, 0.717) is 23.2 Å². The Morgan fingerprint density at radius 1 is 1.14 bits per heavy atom. The number of nitrogens with one attached hydrogen (secondary N) is 1. The molecule has 5 nitrogen and oxygen atoms in total. The molecule has 0 saturated heterocycles. The molecule has 21 heavy (non-hydrogen) atoms. The van der Waals surface area contributed by atoms with Crippen LogP contribution in [0.4, 0.5) is 0 Å². The third-order valence-electron chi connectivity index (χ3n) is 3.05. The van der Waals surface area contributed by atoms with E-state index in [2.05, 4.69) is 39.7 Å². The van der Waals surface area contributed by atoms with Crippen LogP contribution in [-0.4, -0.2) is 20.6 Å². The third-order valence-corrected chi connectivity index (χ3v) is 3.35. The highest BCUT2D eigenvalue weighted by Gasteiger charge is 2.08. The zero-order valence-corrected chi connectivity index (χ0v) is 12.1. The summed E-state index contributed by atoms with van der Waals surface area (Å²) in [4.78, 5) is 0. The molecule has 0 fully saturated rings. The molecule has 0 atom stereocenters. The number of ether oxygens (including phenoxy) is 1. The van der Waals surface area contributed by atoms with Crippen molar-refractivity contribution in [3.8, 4) is 17.1 Å². The summed E-state index contributed by atoms with van der Waals surface area (Å²) in [5.41, 5.74) is 3.11. The first-order chi connectivity index (χ1) is 10.2. The SMILES string of the molecule is Cc1ccc(COc2ccc(-c3nn[nH]n3)cc2Cl)cc1. The van der Waals surface area contributed by atoms with Gasteiger partial charge in [-0.15, -0.1) is 10.2 Å². The minimum atomic E-state index is 0.474. The molecule has 0 aliphatic heterocycles. The molecule has 2 aromatic carbocycles. The molecular weight excluding hydrogens is 288 g/mol. The average Bonchev–Trinajstić information content (AvgIpc) is 3.02. The summed E-state index contributed by atoms with van der Waals surface area (Å²) in [7, 11) is 0. The number of H-pyrrole nitrogens is 1. The molecule has 3 aromatic rings. The number of hydrogen-bond acceptors (Lipinski definition) is 4. The van der Waals surface area contributed by atoms with Crippen LogP contribution >= 0.6 is 11.6 Å². The van der Waals surface area contributed by atoms with Crippen LogP contribution in [-0.2, 0) is 6.61 Å². The lowest BCUT2D eigenvalue weighted by atomic mass is 10.2. The molecule has 1 heterocycles. The van der Waals surface area contributed by atoms with Crippen LogP contribution < -0.4 is 4.74 Å². The molecule has 6 heteroatoms. The van der Waals surface area contributed by atoms with Gasteiger partial charge < -0.3 is 4.74 Å². The number of hydrogen-bond donors (Lipinski definition) is 1. The summed E-state index contributed by atoms with van der Waals surface area (Å²) in [6, 6.07) is 13.6. The van der Waals surface area contributed by atoms with Crippen molar-refractivity contribution in [3.63, 3.8) is 0 Å². The van der Waals surface area contributed by atoms with Gasteiger partial charge in [0.25, 0.3) is 0 Å². The van der Waals surface area contributed by atoms with Gasteiger partial charge >= 0.3 is 0 Å². The molecule has 0 spiro atoms. The molecular formula is C15H13ClN4O. The summed E-state index contributed by atoms with van der Waals surface area (Å²) in [6.07, 6.45) is 0. The fraction of sp³-hybridized carbons (Fsp3) is 0.133. The van der Waals surface area contributed by atoms with Gasteiger partial charge in [0.15, 0.2) is 0 Å². The van der Waals surface area contributed by atoms with Crippen LogP contribution in [0.3, 0.4) is 0 Å². The second-order valence-corrected chi connectivity index (χ2v) is 5.06. The van der Waals surface area contributed by atoms with E-state index in [9.17, 15) is 0 Å². The molecule has 0 amide bonds. The summed E-state index contributed by atoms with van der Waals surface area (Å²) in [5, 5.41) is 14.3. The Balaban J connectivity index is 1.73.